The Bertz CT molecular complexity index is 597. The normalized spacial score (nSPS) is 32.7. The predicted molar refractivity (Wildman–Crippen MR) is 105 cm³/mol. The van der Waals surface area contributed by atoms with Crippen LogP contribution in [-0.2, 0) is 14.4 Å². The third kappa shape index (κ3) is 4.61. The summed E-state index contributed by atoms with van der Waals surface area (Å²) < 4.78 is 0. The molecule has 1 spiro atoms. The smallest absolute Gasteiger partial charge is 0.243 e. The molecule has 27 heavy (non-hydrogen) atoms. The van der Waals surface area contributed by atoms with Crippen molar-refractivity contribution in [3.05, 3.63) is 0 Å². The molecular weight excluding hydrogens is 362 g/mol. The standard InChI is InChI=1S/C20H31N3O3S/c24-17-12-27-11-16(22-17)19(26)21-10-14-2-1-3-15(14)23-18(25)13-4-6-20(7-5-13)8-9-20/h13-16H,1-12H2,(H,21,26)(H,22,24)(H,23,25)/t14?,15?,16-/m0/s1. The summed E-state index contributed by atoms with van der Waals surface area (Å²) in [4.78, 5) is 36.5. The molecule has 3 amide bonds. The fourth-order valence-electron chi connectivity index (χ4n) is 4.98. The first-order valence-electron chi connectivity index (χ1n) is 10.5. The molecule has 0 aromatic heterocycles. The van der Waals surface area contributed by atoms with Crippen molar-refractivity contribution in [2.75, 3.05) is 18.1 Å². The summed E-state index contributed by atoms with van der Waals surface area (Å²) in [5, 5.41) is 9.04. The number of hydrogen-bond acceptors (Lipinski definition) is 4. The molecule has 3 N–H and O–H groups in total. The minimum Gasteiger partial charge on any atom is -0.354 e. The van der Waals surface area contributed by atoms with Crippen LogP contribution in [0, 0.1) is 17.3 Å². The van der Waals surface area contributed by atoms with Crippen LogP contribution in [0.2, 0.25) is 0 Å². The van der Waals surface area contributed by atoms with Crippen LogP contribution in [0.15, 0.2) is 0 Å². The molecule has 1 aliphatic heterocycles. The summed E-state index contributed by atoms with van der Waals surface area (Å²) in [7, 11) is 0. The van der Waals surface area contributed by atoms with Crippen LogP contribution >= 0.6 is 11.8 Å². The van der Waals surface area contributed by atoms with Gasteiger partial charge in [-0.3, -0.25) is 14.4 Å². The SMILES string of the molecule is O=C1CSC[C@@H](C(=O)NCC2CCCC2NC(=O)C2CCC3(CC2)CC3)N1. The van der Waals surface area contributed by atoms with Crippen molar-refractivity contribution < 1.29 is 14.4 Å². The van der Waals surface area contributed by atoms with Gasteiger partial charge >= 0.3 is 0 Å². The van der Waals surface area contributed by atoms with Gasteiger partial charge in [0.05, 0.1) is 5.75 Å². The predicted octanol–water partition coefficient (Wildman–Crippen LogP) is 1.59. The molecule has 0 aromatic carbocycles. The van der Waals surface area contributed by atoms with E-state index in [4.69, 9.17) is 0 Å². The molecule has 1 heterocycles. The number of carbonyl (C=O) groups excluding carboxylic acids is 3. The lowest BCUT2D eigenvalue weighted by molar-refractivity contribution is -0.128. The van der Waals surface area contributed by atoms with Crippen molar-refractivity contribution in [1.82, 2.24) is 16.0 Å². The lowest BCUT2D eigenvalue weighted by Gasteiger charge is -2.30. The summed E-state index contributed by atoms with van der Waals surface area (Å²) in [6, 6.07) is -0.257. The van der Waals surface area contributed by atoms with E-state index in [1.807, 2.05) is 0 Å². The highest BCUT2D eigenvalue weighted by Gasteiger charge is 2.46. The third-order valence-corrected chi connectivity index (χ3v) is 8.10. The molecule has 3 saturated carbocycles. The molecule has 7 heteroatoms. The molecule has 0 aromatic rings. The summed E-state index contributed by atoms with van der Waals surface area (Å²) in [6.07, 6.45) is 10.4. The van der Waals surface area contributed by atoms with Gasteiger partial charge in [0.2, 0.25) is 17.7 Å². The first-order chi connectivity index (χ1) is 13.0. The first-order valence-corrected chi connectivity index (χ1v) is 11.7. The first kappa shape index (κ1) is 19.1. The van der Waals surface area contributed by atoms with Crippen molar-refractivity contribution in [3.8, 4) is 0 Å². The molecular formula is C20H31N3O3S. The van der Waals surface area contributed by atoms with E-state index in [1.54, 1.807) is 0 Å². The van der Waals surface area contributed by atoms with Crippen LogP contribution in [0.4, 0.5) is 0 Å². The van der Waals surface area contributed by atoms with Crippen LogP contribution in [0.25, 0.3) is 0 Å². The second kappa shape index (κ2) is 8.02. The molecule has 6 nitrogen and oxygen atoms in total. The molecule has 4 aliphatic rings. The second-order valence-electron chi connectivity index (χ2n) is 8.96. The zero-order valence-corrected chi connectivity index (χ0v) is 16.7. The van der Waals surface area contributed by atoms with Crippen molar-refractivity contribution in [2.45, 2.75) is 69.9 Å². The van der Waals surface area contributed by atoms with Crippen molar-refractivity contribution in [1.29, 1.82) is 0 Å². The highest BCUT2D eigenvalue weighted by atomic mass is 32.2. The van der Waals surface area contributed by atoms with Gasteiger partial charge in [-0.1, -0.05) is 6.42 Å². The van der Waals surface area contributed by atoms with Gasteiger partial charge in [0.25, 0.3) is 0 Å². The highest BCUT2D eigenvalue weighted by molar-refractivity contribution is 8.00. The number of nitrogens with one attached hydrogen (secondary N) is 3. The maximum Gasteiger partial charge on any atom is 0.243 e. The van der Waals surface area contributed by atoms with Crippen LogP contribution in [0.3, 0.4) is 0 Å². The Hall–Kier alpha value is -1.24. The Morgan fingerprint density at radius 1 is 1.07 bits per heavy atom. The van der Waals surface area contributed by atoms with Gasteiger partial charge in [-0.05, 0) is 62.7 Å². The Kier molecular flexibility index (Phi) is 5.67. The van der Waals surface area contributed by atoms with E-state index in [2.05, 4.69) is 16.0 Å². The zero-order chi connectivity index (χ0) is 18.9. The minimum absolute atomic E-state index is 0.0714. The molecule has 0 bridgehead atoms. The lowest BCUT2D eigenvalue weighted by Crippen LogP contribution is -2.53. The average Bonchev–Trinajstić information content (AvgIpc) is 3.27. The maximum absolute atomic E-state index is 12.7. The van der Waals surface area contributed by atoms with E-state index < -0.39 is 6.04 Å². The number of amides is 3. The number of carbonyl (C=O) groups is 3. The van der Waals surface area contributed by atoms with E-state index in [-0.39, 0.29) is 29.7 Å². The highest BCUT2D eigenvalue weighted by Crippen LogP contribution is 2.57. The molecule has 150 valence electrons. The lowest BCUT2D eigenvalue weighted by atomic mass is 9.79. The van der Waals surface area contributed by atoms with E-state index in [0.29, 0.717) is 29.4 Å². The van der Waals surface area contributed by atoms with Gasteiger partial charge in [0, 0.05) is 24.3 Å². The van der Waals surface area contributed by atoms with E-state index >= 15 is 0 Å². The van der Waals surface area contributed by atoms with Crippen LogP contribution in [0.1, 0.15) is 57.8 Å². The monoisotopic (exact) mass is 393 g/mol. The quantitative estimate of drug-likeness (QED) is 0.662. The number of rotatable bonds is 5. The summed E-state index contributed by atoms with van der Waals surface area (Å²) in [6.45, 7) is 0.578. The molecule has 3 aliphatic carbocycles. The fraction of sp³-hybridized carbons (Fsp3) is 0.850. The zero-order valence-electron chi connectivity index (χ0n) is 15.9. The Morgan fingerprint density at radius 2 is 1.85 bits per heavy atom. The van der Waals surface area contributed by atoms with Crippen LogP contribution < -0.4 is 16.0 Å². The largest absolute Gasteiger partial charge is 0.354 e. The van der Waals surface area contributed by atoms with Crippen molar-refractivity contribution >= 4 is 29.5 Å². The van der Waals surface area contributed by atoms with Crippen molar-refractivity contribution in [2.24, 2.45) is 17.3 Å². The third-order valence-electron chi connectivity index (χ3n) is 7.07. The van der Waals surface area contributed by atoms with Gasteiger partial charge in [0.15, 0.2) is 0 Å². The molecule has 1 saturated heterocycles. The average molecular weight is 394 g/mol. The van der Waals surface area contributed by atoms with Crippen LogP contribution in [-0.4, -0.2) is 47.9 Å². The number of hydrogen-bond donors (Lipinski definition) is 3. The molecule has 0 radical (unpaired) electrons. The Labute approximate surface area is 165 Å². The topological polar surface area (TPSA) is 87.3 Å². The fourth-order valence-corrected chi connectivity index (χ4v) is 5.84. The van der Waals surface area contributed by atoms with Gasteiger partial charge in [0.1, 0.15) is 6.04 Å². The van der Waals surface area contributed by atoms with Gasteiger partial charge in [-0.25, -0.2) is 0 Å². The molecule has 3 atom stereocenters. The Balaban J connectivity index is 1.22. The van der Waals surface area contributed by atoms with Gasteiger partial charge < -0.3 is 16.0 Å². The van der Waals surface area contributed by atoms with E-state index in [0.717, 1.165) is 32.1 Å². The van der Waals surface area contributed by atoms with Crippen LogP contribution in [0.5, 0.6) is 0 Å². The van der Waals surface area contributed by atoms with Gasteiger partial charge in [-0.2, -0.15) is 0 Å². The molecule has 4 rings (SSSR count). The van der Waals surface area contributed by atoms with Gasteiger partial charge in [-0.15, -0.1) is 11.8 Å². The molecule has 4 fully saturated rings. The molecule has 2 unspecified atom stereocenters. The summed E-state index contributed by atoms with van der Waals surface area (Å²) >= 11 is 1.50. The minimum atomic E-state index is -0.428. The summed E-state index contributed by atoms with van der Waals surface area (Å²) in [5.41, 5.74) is 0.615. The summed E-state index contributed by atoms with van der Waals surface area (Å²) in [5.74, 6) is 1.59. The number of thioether (sulfide) groups is 1. The van der Waals surface area contributed by atoms with E-state index in [9.17, 15) is 14.4 Å². The van der Waals surface area contributed by atoms with Crippen molar-refractivity contribution in [3.63, 3.8) is 0 Å². The Morgan fingerprint density at radius 3 is 2.56 bits per heavy atom. The van der Waals surface area contributed by atoms with E-state index in [1.165, 1.54) is 37.4 Å². The second-order valence-corrected chi connectivity index (χ2v) is 9.99. The maximum atomic E-state index is 12.7.